The summed E-state index contributed by atoms with van der Waals surface area (Å²) < 4.78 is 5.02. The smallest absolute Gasteiger partial charge is 0.164 e. The molecule has 17 heavy (non-hydrogen) atoms. The zero-order chi connectivity index (χ0) is 12.8. The van der Waals surface area contributed by atoms with Gasteiger partial charge in [-0.3, -0.25) is 9.79 Å². The van der Waals surface area contributed by atoms with E-state index in [2.05, 4.69) is 4.99 Å². The van der Waals surface area contributed by atoms with E-state index in [-0.39, 0.29) is 17.1 Å². The van der Waals surface area contributed by atoms with Crippen molar-refractivity contribution >= 4 is 17.7 Å². The lowest BCUT2D eigenvalue weighted by Crippen LogP contribution is -2.01. The molecule has 0 aliphatic heterocycles. The van der Waals surface area contributed by atoms with Crippen LogP contribution >= 0.6 is 0 Å². The zero-order valence-corrected chi connectivity index (χ0v) is 10.1. The first kappa shape index (κ1) is 13.0. The summed E-state index contributed by atoms with van der Waals surface area (Å²) in [6.07, 6.45) is 1.36. The van der Waals surface area contributed by atoms with Gasteiger partial charge in [0.1, 0.15) is 11.5 Å². The summed E-state index contributed by atoms with van der Waals surface area (Å²) in [6.45, 7) is 2.84. The number of aliphatic hydroxyl groups is 1. The molecule has 0 aromatic heterocycles. The third-order valence-electron chi connectivity index (χ3n) is 2.18. The van der Waals surface area contributed by atoms with Crippen LogP contribution in [-0.4, -0.2) is 24.2 Å². The molecule has 0 radical (unpaired) electrons. The van der Waals surface area contributed by atoms with E-state index in [1.54, 1.807) is 31.4 Å². The lowest BCUT2D eigenvalue weighted by Gasteiger charge is -2.00. The number of methoxy groups -OCH3 is 1. The molecule has 0 fully saturated rings. The van der Waals surface area contributed by atoms with Crippen molar-refractivity contribution in [2.75, 3.05) is 7.11 Å². The number of rotatable bonds is 4. The minimum absolute atomic E-state index is 0.0326. The molecule has 1 aromatic carbocycles. The van der Waals surface area contributed by atoms with Crippen molar-refractivity contribution in [2.24, 2.45) is 4.99 Å². The monoisotopic (exact) mass is 233 g/mol. The number of benzene rings is 1. The van der Waals surface area contributed by atoms with Gasteiger partial charge in [-0.25, -0.2) is 0 Å². The lowest BCUT2D eigenvalue weighted by molar-refractivity contribution is -0.113. The van der Waals surface area contributed by atoms with Crippen molar-refractivity contribution in [1.29, 1.82) is 0 Å². The maximum atomic E-state index is 11.2. The molecule has 4 nitrogen and oxygen atoms in total. The predicted octanol–water partition coefficient (Wildman–Crippen LogP) is 2.82. The third-order valence-corrected chi connectivity index (χ3v) is 2.18. The van der Waals surface area contributed by atoms with E-state index >= 15 is 0 Å². The lowest BCUT2D eigenvalue weighted by atomic mass is 10.2. The van der Waals surface area contributed by atoms with Crippen LogP contribution in [0.25, 0.3) is 0 Å². The van der Waals surface area contributed by atoms with Gasteiger partial charge in [-0.15, -0.1) is 0 Å². The minimum atomic E-state index is -0.220. The maximum Gasteiger partial charge on any atom is 0.164 e. The Labute approximate surface area is 100 Å². The Balaban J connectivity index is 2.89. The van der Waals surface area contributed by atoms with Crippen molar-refractivity contribution in [1.82, 2.24) is 0 Å². The summed E-state index contributed by atoms with van der Waals surface area (Å²) in [4.78, 5) is 15.3. The molecule has 0 unspecified atom stereocenters. The van der Waals surface area contributed by atoms with Crippen molar-refractivity contribution in [3.05, 3.63) is 35.6 Å². The van der Waals surface area contributed by atoms with E-state index in [0.29, 0.717) is 5.69 Å². The number of aliphatic hydroxyl groups excluding tert-OH is 1. The first-order valence-electron chi connectivity index (χ1n) is 5.13. The van der Waals surface area contributed by atoms with Crippen LogP contribution in [0.4, 0.5) is 5.69 Å². The summed E-state index contributed by atoms with van der Waals surface area (Å²) in [7, 11) is 1.59. The number of hydrogen-bond donors (Lipinski definition) is 1. The minimum Gasteiger partial charge on any atom is -0.512 e. The fourth-order valence-electron chi connectivity index (χ4n) is 1.25. The number of ketones is 1. The molecule has 0 atom stereocenters. The second-order valence-electron chi connectivity index (χ2n) is 3.51. The average Bonchev–Trinajstić information content (AvgIpc) is 2.29. The van der Waals surface area contributed by atoms with Gasteiger partial charge in [0.05, 0.1) is 18.4 Å². The second-order valence-corrected chi connectivity index (χ2v) is 3.51. The normalized spacial score (nSPS) is 12.4. The number of allylic oxidation sites excluding steroid dienone is 2. The van der Waals surface area contributed by atoms with E-state index < -0.39 is 0 Å². The fraction of sp³-hybridized carbons (Fsp3) is 0.231. The summed E-state index contributed by atoms with van der Waals surface area (Å²) in [5.74, 6) is 0.488. The van der Waals surface area contributed by atoms with Gasteiger partial charge >= 0.3 is 0 Å². The van der Waals surface area contributed by atoms with Gasteiger partial charge in [0.2, 0.25) is 0 Å². The number of carbonyl (C=O) groups excluding carboxylic acids is 1. The van der Waals surface area contributed by atoms with Crippen LogP contribution in [0.5, 0.6) is 5.75 Å². The Hall–Kier alpha value is -2.10. The first-order chi connectivity index (χ1) is 8.04. The molecule has 0 saturated heterocycles. The molecule has 0 spiro atoms. The first-order valence-corrected chi connectivity index (χ1v) is 5.13. The van der Waals surface area contributed by atoms with Crippen LogP contribution in [0, 0.1) is 0 Å². The van der Waals surface area contributed by atoms with Gasteiger partial charge in [0.15, 0.2) is 5.78 Å². The quantitative estimate of drug-likeness (QED) is 0.494. The van der Waals surface area contributed by atoms with Crippen LogP contribution in [0.2, 0.25) is 0 Å². The number of carbonyl (C=O) groups is 1. The fourth-order valence-corrected chi connectivity index (χ4v) is 1.25. The van der Waals surface area contributed by atoms with Crippen LogP contribution in [0.3, 0.4) is 0 Å². The number of aliphatic imine (C=N–C) groups is 1. The van der Waals surface area contributed by atoms with Gasteiger partial charge in [-0.1, -0.05) is 0 Å². The van der Waals surface area contributed by atoms with Gasteiger partial charge < -0.3 is 9.84 Å². The van der Waals surface area contributed by atoms with Gasteiger partial charge in [0, 0.05) is 6.21 Å². The molecule has 0 saturated carbocycles. The Kier molecular flexibility index (Phi) is 4.46. The summed E-state index contributed by atoms with van der Waals surface area (Å²) >= 11 is 0. The Morgan fingerprint density at radius 1 is 1.29 bits per heavy atom. The predicted molar refractivity (Wildman–Crippen MR) is 67.2 cm³/mol. The summed E-state index contributed by atoms with van der Waals surface area (Å²) in [6, 6.07) is 7.07. The van der Waals surface area contributed by atoms with E-state index in [1.807, 2.05) is 0 Å². The van der Waals surface area contributed by atoms with Crippen LogP contribution < -0.4 is 4.74 Å². The molecule has 0 amide bonds. The van der Waals surface area contributed by atoms with E-state index in [0.717, 1.165) is 5.75 Å². The number of hydrogen-bond acceptors (Lipinski definition) is 4. The summed E-state index contributed by atoms with van der Waals surface area (Å²) in [5.41, 5.74) is 0.895. The Morgan fingerprint density at radius 3 is 2.29 bits per heavy atom. The molecule has 90 valence electrons. The highest BCUT2D eigenvalue weighted by Gasteiger charge is 2.04. The topological polar surface area (TPSA) is 58.9 Å². The molecular weight excluding hydrogens is 218 g/mol. The standard InChI is InChI=1S/C13H15NO3/c1-9(15)13(10(2)16)8-14-11-4-6-12(17-3)7-5-11/h4-8,15H,1-3H3/b13-9+,14-8?. The molecule has 0 heterocycles. The Morgan fingerprint density at radius 2 is 1.88 bits per heavy atom. The SMILES string of the molecule is COc1ccc(N=C/C(C(C)=O)=C(/C)O)cc1. The van der Waals surface area contributed by atoms with Crippen LogP contribution in [0.1, 0.15) is 13.8 Å². The van der Waals surface area contributed by atoms with Crippen molar-refractivity contribution in [2.45, 2.75) is 13.8 Å². The van der Waals surface area contributed by atoms with Crippen molar-refractivity contribution in [3.63, 3.8) is 0 Å². The molecule has 0 aliphatic rings. The van der Waals surface area contributed by atoms with Crippen LogP contribution in [0.15, 0.2) is 40.6 Å². The molecule has 4 heteroatoms. The largest absolute Gasteiger partial charge is 0.512 e. The average molecular weight is 233 g/mol. The highest BCUT2D eigenvalue weighted by atomic mass is 16.5. The number of ether oxygens (including phenoxy) is 1. The van der Waals surface area contributed by atoms with E-state index in [9.17, 15) is 9.90 Å². The second kappa shape index (κ2) is 5.84. The van der Waals surface area contributed by atoms with E-state index in [4.69, 9.17) is 4.74 Å². The highest BCUT2D eigenvalue weighted by Crippen LogP contribution is 2.17. The molecule has 1 aromatic rings. The molecule has 0 bridgehead atoms. The van der Waals surface area contributed by atoms with Gasteiger partial charge in [-0.05, 0) is 38.1 Å². The molecule has 1 rings (SSSR count). The number of Topliss-reactive ketones (excluding diaryl/α,β-unsaturated/α-hetero) is 1. The molecular formula is C13H15NO3. The van der Waals surface area contributed by atoms with Crippen molar-refractivity contribution in [3.8, 4) is 5.75 Å². The third kappa shape index (κ3) is 3.75. The van der Waals surface area contributed by atoms with Crippen LogP contribution in [-0.2, 0) is 4.79 Å². The van der Waals surface area contributed by atoms with Gasteiger partial charge in [-0.2, -0.15) is 0 Å². The maximum absolute atomic E-state index is 11.2. The Bertz CT molecular complexity index is 454. The highest BCUT2D eigenvalue weighted by molar-refractivity contribution is 6.12. The summed E-state index contributed by atoms with van der Waals surface area (Å²) in [5, 5.41) is 9.29. The van der Waals surface area contributed by atoms with Crippen molar-refractivity contribution < 1.29 is 14.6 Å². The number of nitrogens with zero attached hydrogens (tertiary/aromatic N) is 1. The van der Waals surface area contributed by atoms with Gasteiger partial charge in [0.25, 0.3) is 0 Å². The molecule has 1 N–H and O–H groups in total. The van der Waals surface area contributed by atoms with E-state index in [1.165, 1.54) is 20.1 Å². The zero-order valence-electron chi connectivity index (χ0n) is 10.1. The molecule has 0 aliphatic carbocycles.